The van der Waals surface area contributed by atoms with Gasteiger partial charge in [0.15, 0.2) is 9.84 Å². The van der Waals surface area contributed by atoms with Gasteiger partial charge in [-0.1, -0.05) is 6.07 Å². The van der Waals surface area contributed by atoms with Crippen molar-refractivity contribution in [3.8, 4) is 0 Å². The molecule has 1 heterocycles. The first-order valence-corrected chi connectivity index (χ1v) is 8.02. The van der Waals surface area contributed by atoms with E-state index in [9.17, 15) is 13.2 Å². The van der Waals surface area contributed by atoms with Crippen LogP contribution in [0.2, 0.25) is 0 Å². The van der Waals surface area contributed by atoms with Gasteiger partial charge in [-0.3, -0.25) is 4.68 Å². The normalized spacial score (nSPS) is 11.5. The van der Waals surface area contributed by atoms with Crippen molar-refractivity contribution in [2.24, 2.45) is 0 Å². The summed E-state index contributed by atoms with van der Waals surface area (Å²) in [6.07, 6.45) is 0. The predicted molar refractivity (Wildman–Crippen MR) is 77.2 cm³/mol. The lowest BCUT2D eigenvalue weighted by Gasteiger charge is -2.07. The van der Waals surface area contributed by atoms with Gasteiger partial charge in [-0.05, 0) is 38.1 Å². The van der Waals surface area contributed by atoms with E-state index in [0.717, 1.165) is 11.4 Å². The molecule has 0 amide bonds. The molecular formula is C14H16N2O4S. The van der Waals surface area contributed by atoms with Crippen LogP contribution in [-0.4, -0.2) is 35.0 Å². The lowest BCUT2D eigenvalue weighted by molar-refractivity contribution is 0.0696. The SMILES string of the molecule is Cc1cc(C)n(CCS(=O)(=O)c2cccc(C(=O)O)c2)n1. The molecule has 2 aromatic rings. The molecule has 2 rings (SSSR count). The van der Waals surface area contributed by atoms with Crippen LogP contribution in [-0.2, 0) is 16.4 Å². The summed E-state index contributed by atoms with van der Waals surface area (Å²) in [7, 11) is -3.55. The first kappa shape index (κ1) is 15.2. The molecule has 1 aromatic heterocycles. The number of hydrogen-bond donors (Lipinski definition) is 1. The van der Waals surface area contributed by atoms with Crippen molar-refractivity contribution < 1.29 is 18.3 Å². The summed E-state index contributed by atoms with van der Waals surface area (Å²) >= 11 is 0. The van der Waals surface area contributed by atoms with Crippen LogP contribution in [0.5, 0.6) is 0 Å². The Labute approximate surface area is 123 Å². The third-order valence-electron chi connectivity index (χ3n) is 3.12. The third-order valence-corrected chi connectivity index (χ3v) is 4.81. The maximum Gasteiger partial charge on any atom is 0.335 e. The number of aryl methyl sites for hydroxylation is 3. The van der Waals surface area contributed by atoms with Gasteiger partial charge in [-0.2, -0.15) is 5.10 Å². The lowest BCUT2D eigenvalue weighted by Crippen LogP contribution is -2.15. The van der Waals surface area contributed by atoms with E-state index in [-0.39, 0.29) is 22.8 Å². The van der Waals surface area contributed by atoms with Gasteiger partial charge in [0.05, 0.1) is 28.5 Å². The van der Waals surface area contributed by atoms with Crippen molar-refractivity contribution in [1.82, 2.24) is 9.78 Å². The van der Waals surface area contributed by atoms with Gasteiger partial charge < -0.3 is 5.11 Å². The van der Waals surface area contributed by atoms with Crippen molar-refractivity contribution in [3.63, 3.8) is 0 Å². The molecule has 112 valence electrons. The number of carboxylic acids is 1. The van der Waals surface area contributed by atoms with Gasteiger partial charge in [-0.25, -0.2) is 13.2 Å². The molecule has 1 aromatic carbocycles. The predicted octanol–water partition coefficient (Wildman–Crippen LogP) is 1.67. The van der Waals surface area contributed by atoms with Crippen LogP contribution in [0.1, 0.15) is 21.7 Å². The number of benzene rings is 1. The number of nitrogens with zero attached hydrogens (tertiary/aromatic N) is 2. The molecule has 0 bridgehead atoms. The molecule has 0 atom stereocenters. The van der Waals surface area contributed by atoms with Crippen LogP contribution < -0.4 is 0 Å². The molecular weight excluding hydrogens is 292 g/mol. The highest BCUT2D eigenvalue weighted by Gasteiger charge is 2.17. The Morgan fingerprint density at radius 1 is 1.29 bits per heavy atom. The first-order chi connectivity index (χ1) is 9.79. The first-order valence-electron chi connectivity index (χ1n) is 6.37. The summed E-state index contributed by atoms with van der Waals surface area (Å²) in [5.74, 6) is -1.27. The Hall–Kier alpha value is -2.15. The molecule has 0 saturated heterocycles. The van der Waals surface area contributed by atoms with Crippen molar-refractivity contribution in [1.29, 1.82) is 0 Å². The molecule has 7 heteroatoms. The van der Waals surface area contributed by atoms with Crippen molar-refractivity contribution in [3.05, 3.63) is 47.3 Å². The average Bonchev–Trinajstić information content (AvgIpc) is 2.75. The zero-order valence-electron chi connectivity index (χ0n) is 11.8. The Bertz CT molecular complexity index is 778. The van der Waals surface area contributed by atoms with Gasteiger partial charge in [0, 0.05) is 5.69 Å². The number of rotatable bonds is 5. The monoisotopic (exact) mass is 308 g/mol. The van der Waals surface area contributed by atoms with Gasteiger partial charge in [0.1, 0.15) is 0 Å². The van der Waals surface area contributed by atoms with Crippen LogP contribution in [0, 0.1) is 13.8 Å². The standard InChI is InChI=1S/C14H16N2O4S/c1-10-8-11(2)16(15-10)6-7-21(19,20)13-5-3-4-12(9-13)14(17)18/h3-5,8-9H,6-7H2,1-2H3,(H,17,18). The second-order valence-corrected chi connectivity index (χ2v) is 6.91. The fraction of sp³-hybridized carbons (Fsp3) is 0.286. The number of aromatic nitrogens is 2. The molecule has 0 aliphatic rings. The summed E-state index contributed by atoms with van der Waals surface area (Å²) in [4.78, 5) is 10.9. The minimum absolute atomic E-state index is 0.0175. The maximum absolute atomic E-state index is 12.3. The molecule has 0 aliphatic carbocycles. The minimum atomic E-state index is -3.55. The summed E-state index contributed by atoms with van der Waals surface area (Å²) in [6, 6.07) is 7.25. The molecule has 0 radical (unpaired) electrons. The van der Waals surface area contributed by atoms with Gasteiger partial charge in [0.25, 0.3) is 0 Å². The zero-order chi connectivity index (χ0) is 15.6. The number of sulfone groups is 1. The van der Waals surface area contributed by atoms with E-state index >= 15 is 0 Å². The fourth-order valence-electron chi connectivity index (χ4n) is 2.05. The van der Waals surface area contributed by atoms with Crippen LogP contribution in [0.15, 0.2) is 35.2 Å². The van der Waals surface area contributed by atoms with Gasteiger partial charge in [-0.15, -0.1) is 0 Å². The van der Waals surface area contributed by atoms with E-state index in [2.05, 4.69) is 5.10 Å². The number of carbonyl (C=O) groups is 1. The van der Waals surface area contributed by atoms with E-state index in [0.29, 0.717) is 0 Å². The summed E-state index contributed by atoms with van der Waals surface area (Å²) in [5.41, 5.74) is 1.68. The Kier molecular flexibility index (Phi) is 4.13. The lowest BCUT2D eigenvalue weighted by atomic mass is 10.2. The largest absolute Gasteiger partial charge is 0.478 e. The van der Waals surface area contributed by atoms with Crippen molar-refractivity contribution in [2.75, 3.05) is 5.75 Å². The van der Waals surface area contributed by atoms with Crippen LogP contribution in [0.3, 0.4) is 0 Å². The summed E-state index contributed by atoms with van der Waals surface area (Å²) in [5, 5.41) is 13.1. The smallest absolute Gasteiger partial charge is 0.335 e. The van der Waals surface area contributed by atoms with Gasteiger partial charge >= 0.3 is 5.97 Å². The Balaban J connectivity index is 2.20. The van der Waals surface area contributed by atoms with Gasteiger partial charge in [0.2, 0.25) is 0 Å². The highest BCUT2D eigenvalue weighted by atomic mass is 32.2. The number of hydrogen-bond acceptors (Lipinski definition) is 4. The van der Waals surface area contributed by atoms with E-state index in [1.54, 1.807) is 4.68 Å². The second kappa shape index (κ2) is 5.69. The van der Waals surface area contributed by atoms with Crippen LogP contribution >= 0.6 is 0 Å². The molecule has 0 fully saturated rings. The fourth-order valence-corrected chi connectivity index (χ4v) is 3.29. The highest BCUT2D eigenvalue weighted by molar-refractivity contribution is 7.91. The minimum Gasteiger partial charge on any atom is -0.478 e. The van der Waals surface area contributed by atoms with E-state index in [4.69, 9.17) is 5.11 Å². The Morgan fingerprint density at radius 3 is 2.57 bits per heavy atom. The zero-order valence-corrected chi connectivity index (χ0v) is 12.6. The van der Waals surface area contributed by atoms with Crippen molar-refractivity contribution >= 4 is 15.8 Å². The molecule has 0 unspecified atom stereocenters. The second-order valence-electron chi connectivity index (χ2n) is 4.80. The molecule has 0 spiro atoms. The van der Waals surface area contributed by atoms with E-state index < -0.39 is 15.8 Å². The molecule has 6 nitrogen and oxygen atoms in total. The number of aromatic carboxylic acids is 1. The van der Waals surface area contributed by atoms with E-state index in [1.165, 1.54) is 24.3 Å². The number of carboxylic acid groups (broad SMARTS) is 1. The molecule has 21 heavy (non-hydrogen) atoms. The van der Waals surface area contributed by atoms with Crippen LogP contribution in [0.25, 0.3) is 0 Å². The molecule has 0 aliphatic heterocycles. The van der Waals surface area contributed by atoms with Crippen molar-refractivity contribution in [2.45, 2.75) is 25.3 Å². The quantitative estimate of drug-likeness (QED) is 0.907. The summed E-state index contributed by atoms with van der Waals surface area (Å²) < 4.78 is 26.2. The Morgan fingerprint density at radius 2 is 2.00 bits per heavy atom. The molecule has 1 N–H and O–H groups in total. The molecule has 0 saturated carbocycles. The van der Waals surface area contributed by atoms with E-state index in [1.807, 2.05) is 19.9 Å². The topological polar surface area (TPSA) is 89.3 Å². The average molecular weight is 308 g/mol. The van der Waals surface area contributed by atoms with Crippen LogP contribution in [0.4, 0.5) is 0 Å². The maximum atomic E-state index is 12.3. The summed E-state index contributed by atoms with van der Waals surface area (Å²) in [6.45, 7) is 3.94. The highest BCUT2D eigenvalue weighted by Crippen LogP contribution is 2.14. The third kappa shape index (κ3) is 3.49.